The van der Waals surface area contributed by atoms with Gasteiger partial charge in [-0.05, 0) is 26.7 Å². The number of hydrogen-bond acceptors (Lipinski definition) is 3. The topological polar surface area (TPSA) is 75.4 Å². The Morgan fingerprint density at radius 2 is 2.08 bits per heavy atom. The average Bonchev–Trinajstić information content (AvgIpc) is 2.12. The molecule has 0 aliphatic carbocycles. The number of carbonyl (C=O) groups excluding carboxylic acids is 1. The van der Waals surface area contributed by atoms with E-state index in [-0.39, 0.29) is 12.5 Å². The first kappa shape index (κ1) is 12.4. The maximum Gasteiger partial charge on any atom is 0.226 e. The van der Waals surface area contributed by atoms with Crippen LogP contribution in [-0.4, -0.2) is 30.7 Å². The number of amides is 1. The van der Waals surface area contributed by atoms with Crippen molar-refractivity contribution >= 4 is 5.91 Å². The van der Waals surface area contributed by atoms with Gasteiger partial charge in [-0.2, -0.15) is 0 Å². The van der Waals surface area contributed by atoms with Gasteiger partial charge in [0, 0.05) is 19.7 Å². The molecule has 0 aromatic carbocycles. The number of nitrogens with two attached hydrogens (primary N) is 1. The summed E-state index contributed by atoms with van der Waals surface area (Å²) in [6.45, 7) is 4.76. The number of aliphatic hydroxyl groups is 1. The fourth-order valence-corrected chi connectivity index (χ4v) is 0.771. The summed E-state index contributed by atoms with van der Waals surface area (Å²) in [4.78, 5) is 11.4. The van der Waals surface area contributed by atoms with Crippen LogP contribution in [0.15, 0.2) is 0 Å². The van der Waals surface area contributed by atoms with Gasteiger partial charge in [-0.1, -0.05) is 0 Å². The summed E-state index contributed by atoms with van der Waals surface area (Å²) in [7, 11) is 0. The molecule has 0 rings (SSSR count). The van der Waals surface area contributed by atoms with Gasteiger partial charge in [0.15, 0.2) is 0 Å². The Morgan fingerprint density at radius 3 is 2.54 bits per heavy atom. The average molecular weight is 188 g/mol. The first-order valence-electron chi connectivity index (χ1n) is 4.64. The Labute approximate surface area is 79.5 Å². The molecular formula is C9H20N2O2. The van der Waals surface area contributed by atoms with Crippen LogP contribution in [0.1, 0.15) is 26.7 Å². The molecule has 0 aliphatic rings. The molecule has 13 heavy (non-hydrogen) atoms. The summed E-state index contributed by atoms with van der Waals surface area (Å²) in [6.07, 6.45) is 1.53. The largest absolute Gasteiger partial charge is 0.396 e. The summed E-state index contributed by atoms with van der Waals surface area (Å²) < 4.78 is 0. The van der Waals surface area contributed by atoms with Gasteiger partial charge in [0.25, 0.3) is 0 Å². The second kappa shape index (κ2) is 5.94. The molecule has 0 fully saturated rings. The highest BCUT2D eigenvalue weighted by molar-refractivity contribution is 5.81. The van der Waals surface area contributed by atoms with Crippen molar-refractivity contribution in [3.63, 3.8) is 0 Å². The molecule has 1 amide bonds. The van der Waals surface area contributed by atoms with E-state index in [1.165, 1.54) is 0 Å². The van der Waals surface area contributed by atoms with Crippen molar-refractivity contribution in [3.8, 4) is 0 Å². The molecule has 0 aromatic rings. The van der Waals surface area contributed by atoms with E-state index in [0.29, 0.717) is 13.1 Å². The van der Waals surface area contributed by atoms with E-state index in [1.807, 2.05) is 13.8 Å². The lowest BCUT2D eigenvalue weighted by Crippen LogP contribution is -2.42. The van der Waals surface area contributed by atoms with E-state index in [4.69, 9.17) is 10.8 Å². The van der Waals surface area contributed by atoms with Crippen molar-refractivity contribution in [1.29, 1.82) is 0 Å². The van der Waals surface area contributed by atoms with Crippen LogP contribution in [0.2, 0.25) is 0 Å². The Hall–Kier alpha value is -0.610. The zero-order valence-electron chi connectivity index (χ0n) is 8.47. The molecule has 0 bridgehead atoms. The maximum atomic E-state index is 11.4. The van der Waals surface area contributed by atoms with Crippen LogP contribution in [0.25, 0.3) is 0 Å². The number of carbonyl (C=O) groups is 1. The van der Waals surface area contributed by atoms with Crippen LogP contribution in [0.4, 0.5) is 0 Å². The highest BCUT2D eigenvalue weighted by Crippen LogP contribution is 2.11. The van der Waals surface area contributed by atoms with Crippen molar-refractivity contribution in [2.45, 2.75) is 26.7 Å². The molecule has 4 N–H and O–H groups in total. The van der Waals surface area contributed by atoms with Gasteiger partial charge in [0.1, 0.15) is 0 Å². The Balaban J connectivity index is 3.62. The van der Waals surface area contributed by atoms with Gasteiger partial charge in [-0.25, -0.2) is 0 Å². The van der Waals surface area contributed by atoms with Gasteiger partial charge in [0.05, 0.1) is 5.41 Å². The van der Waals surface area contributed by atoms with Crippen LogP contribution in [0.5, 0.6) is 0 Å². The lowest BCUT2D eigenvalue weighted by Gasteiger charge is -2.21. The normalized spacial score (nSPS) is 11.4. The first-order chi connectivity index (χ1) is 6.04. The molecule has 0 atom stereocenters. The zero-order valence-corrected chi connectivity index (χ0v) is 8.47. The third-order valence-corrected chi connectivity index (χ3v) is 2.00. The molecule has 0 radical (unpaired) electrons. The van der Waals surface area contributed by atoms with Crippen LogP contribution in [0, 0.1) is 5.41 Å². The van der Waals surface area contributed by atoms with Crippen molar-refractivity contribution < 1.29 is 9.90 Å². The highest BCUT2D eigenvalue weighted by Gasteiger charge is 2.24. The Kier molecular flexibility index (Phi) is 5.66. The van der Waals surface area contributed by atoms with Crippen molar-refractivity contribution in [3.05, 3.63) is 0 Å². The third-order valence-electron chi connectivity index (χ3n) is 2.00. The molecule has 0 unspecified atom stereocenters. The fraction of sp³-hybridized carbons (Fsp3) is 0.889. The van der Waals surface area contributed by atoms with E-state index in [1.54, 1.807) is 0 Å². The fourth-order valence-electron chi connectivity index (χ4n) is 0.771. The number of rotatable bonds is 6. The Morgan fingerprint density at radius 1 is 1.46 bits per heavy atom. The van der Waals surface area contributed by atoms with Crippen LogP contribution >= 0.6 is 0 Å². The van der Waals surface area contributed by atoms with E-state index >= 15 is 0 Å². The number of hydrogen-bond donors (Lipinski definition) is 3. The van der Waals surface area contributed by atoms with Crippen LogP contribution in [-0.2, 0) is 4.79 Å². The third kappa shape index (κ3) is 4.85. The minimum absolute atomic E-state index is 0.0204. The summed E-state index contributed by atoms with van der Waals surface area (Å²) in [5.74, 6) is -0.0204. The Bertz CT molecular complexity index is 158. The van der Waals surface area contributed by atoms with Crippen molar-refractivity contribution in [2.24, 2.45) is 11.1 Å². The molecule has 0 aromatic heterocycles. The van der Waals surface area contributed by atoms with Gasteiger partial charge < -0.3 is 16.2 Å². The molecule has 4 heteroatoms. The van der Waals surface area contributed by atoms with Gasteiger partial charge in [0.2, 0.25) is 5.91 Å². The lowest BCUT2D eigenvalue weighted by molar-refractivity contribution is -0.128. The standard InChI is InChI=1S/C9H20N2O2/c1-9(2,7-10)8(13)11-5-3-4-6-12/h12H,3-7,10H2,1-2H3,(H,11,13). The first-order valence-corrected chi connectivity index (χ1v) is 4.64. The summed E-state index contributed by atoms with van der Waals surface area (Å²) in [6, 6.07) is 0. The molecule has 78 valence electrons. The highest BCUT2D eigenvalue weighted by atomic mass is 16.2. The second-order valence-corrected chi connectivity index (χ2v) is 3.77. The number of nitrogens with one attached hydrogen (secondary N) is 1. The predicted molar refractivity (Wildman–Crippen MR) is 52.2 cm³/mol. The molecule has 4 nitrogen and oxygen atoms in total. The van der Waals surface area contributed by atoms with Crippen molar-refractivity contribution in [2.75, 3.05) is 19.7 Å². The summed E-state index contributed by atoms with van der Waals surface area (Å²) in [5, 5.41) is 11.3. The molecule has 0 heterocycles. The molecule has 0 aliphatic heterocycles. The van der Waals surface area contributed by atoms with Gasteiger partial charge in [-0.3, -0.25) is 4.79 Å². The zero-order chi connectivity index (χ0) is 10.3. The van der Waals surface area contributed by atoms with Crippen molar-refractivity contribution in [1.82, 2.24) is 5.32 Å². The summed E-state index contributed by atoms with van der Waals surface area (Å²) in [5.41, 5.74) is 4.95. The van der Waals surface area contributed by atoms with E-state index < -0.39 is 5.41 Å². The SMILES string of the molecule is CC(C)(CN)C(=O)NCCCCO. The minimum Gasteiger partial charge on any atom is -0.396 e. The molecule has 0 saturated carbocycles. The quantitative estimate of drug-likeness (QED) is 0.508. The van der Waals surface area contributed by atoms with E-state index in [9.17, 15) is 4.79 Å². The number of unbranched alkanes of at least 4 members (excludes halogenated alkanes) is 1. The monoisotopic (exact) mass is 188 g/mol. The maximum absolute atomic E-state index is 11.4. The molecular weight excluding hydrogens is 168 g/mol. The number of aliphatic hydroxyl groups excluding tert-OH is 1. The van der Waals surface area contributed by atoms with Gasteiger partial charge >= 0.3 is 0 Å². The molecule has 0 spiro atoms. The van der Waals surface area contributed by atoms with E-state index in [0.717, 1.165) is 12.8 Å². The van der Waals surface area contributed by atoms with Crippen LogP contribution in [0.3, 0.4) is 0 Å². The summed E-state index contributed by atoms with van der Waals surface area (Å²) >= 11 is 0. The minimum atomic E-state index is -0.487. The predicted octanol–water partition coefficient (Wildman–Crippen LogP) is -0.140. The van der Waals surface area contributed by atoms with Gasteiger partial charge in [-0.15, -0.1) is 0 Å². The second-order valence-electron chi connectivity index (χ2n) is 3.77. The van der Waals surface area contributed by atoms with Crippen LogP contribution < -0.4 is 11.1 Å². The molecule has 0 saturated heterocycles. The van der Waals surface area contributed by atoms with E-state index in [2.05, 4.69) is 5.32 Å². The smallest absolute Gasteiger partial charge is 0.226 e. The lowest BCUT2D eigenvalue weighted by atomic mass is 9.93.